The topological polar surface area (TPSA) is 34.0 Å². The number of likely N-dealkylation sites (tertiary alicyclic amines) is 1. The summed E-state index contributed by atoms with van der Waals surface area (Å²) < 4.78 is 2.27. The molecule has 2 heterocycles. The summed E-state index contributed by atoms with van der Waals surface area (Å²) in [6.45, 7) is 2.82. The molecule has 4 nitrogen and oxygen atoms in total. The molecule has 0 bridgehead atoms. The predicted molar refractivity (Wildman–Crippen MR) is 121 cm³/mol. The fraction of sp³-hybridized carbons (Fsp3) is 0.417. The number of nitrogens with zero attached hydrogens (tertiary/aromatic N) is 4. The van der Waals surface area contributed by atoms with E-state index in [1.165, 1.54) is 5.56 Å². The van der Waals surface area contributed by atoms with Crippen LogP contribution in [-0.2, 0) is 19.0 Å². The van der Waals surface area contributed by atoms with Gasteiger partial charge in [-0.2, -0.15) is 0 Å². The minimum absolute atomic E-state index is 0.0583. The highest BCUT2D eigenvalue weighted by Gasteiger charge is 2.50. The van der Waals surface area contributed by atoms with E-state index >= 15 is 0 Å². The highest BCUT2D eigenvalue weighted by Crippen LogP contribution is 2.52. The molecule has 2 fully saturated rings. The second-order valence-corrected chi connectivity index (χ2v) is 9.45. The zero-order chi connectivity index (χ0) is 20.7. The first-order valence-corrected chi connectivity index (χ1v) is 11.4. The summed E-state index contributed by atoms with van der Waals surface area (Å²) >= 11 is 12.7. The van der Waals surface area contributed by atoms with E-state index in [9.17, 15) is 0 Å². The molecule has 2 aliphatic rings. The summed E-state index contributed by atoms with van der Waals surface area (Å²) in [6.07, 6.45) is 4.46. The van der Waals surface area contributed by atoms with Crippen LogP contribution in [0, 0.1) is 0 Å². The van der Waals surface area contributed by atoms with E-state index in [4.69, 9.17) is 23.2 Å². The zero-order valence-electron chi connectivity index (χ0n) is 17.2. The lowest BCUT2D eigenvalue weighted by Crippen LogP contribution is -2.33. The first-order valence-electron chi connectivity index (χ1n) is 10.7. The van der Waals surface area contributed by atoms with Crippen LogP contribution in [0.15, 0.2) is 48.5 Å². The van der Waals surface area contributed by atoms with E-state index in [-0.39, 0.29) is 5.41 Å². The molecule has 5 rings (SSSR count). The molecule has 0 N–H and O–H groups in total. The number of hydrogen-bond acceptors (Lipinski definition) is 3. The number of benzene rings is 2. The molecule has 1 aliphatic heterocycles. The van der Waals surface area contributed by atoms with Crippen LogP contribution in [0.5, 0.6) is 0 Å². The van der Waals surface area contributed by atoms with Crippen molar-refractivity contribution in [1.82, 2.24) is 19.7 Å². The Morgan fingerprint density at radius 1 is 0.933 bits per heavy atom. The molecular formula is C24H26Cl2N4. The fourth-order valence-electron chi connectivity index (χ4n) is 4.89. The van der Waals surface area contributed by atoms with Crippen LogP contribution in [-0.4, -0.2) is 32.8 Å². The molecule has 0 amide bonds. The van der Waals surface area contributed by atoms with Crippen molar-refractivity contribution in [2.45, 2.75) is 43.6 Å². The zero-order valence-corrected chi connectivity index (χ0v) is 18.7. The first kappa shape index (κ1) is 20.0. The van der Waals surface area contributed by atoms with Crippen molar-refractivity contribution in [2.75, 3.05) is 13.1 Å². The van der Waals surface area contributed by atoms with Gasteiger partial charge in [-0.3, -0.25) is 4.90 Å². The standard InChI is InChI=1S/C24H26Cl2N4/c1-29-22(27-28-23(29)24(12-13-24)18-6-3-2-4-7-18)17-10-14-30(15-11-17)16-19-20(25)8-5-9-21(19)26/h2-9,17H,10-16H2,1H3. The Morgan fingerprint density at radius 3 is 2.23 bits per heavy atom. The van der Waals surface area contributed by atoms with E-state index < -0.39 is 0 Å². The summed E-state index contributed by atoms with van der Waals surface area (Å²) in [5.74, 6) is 2.69. The minimum Gasteiger partial charge on any atom is -0.317 e. The van der Waals surface area contributed by atoms with E-state index in [1.807, 2.05) is 18.2 Å². The lowest BCUT2D eigenvalue weighted by Gasteiger charge is -2.32. The van der Waals surface area contributed by atoms with E-state index in [1.54, 1.807) is 0 Å². The lowest BCUT2D eigenvalue weighted by molar-refractivity contribution is 0.200. The van der Waals surface area contributed by atoms with Crippen molar-refractivity contribution in [3.63, 3.8) is 0 Å². The second-order valence-electron chi connectivity index (χ2n) is 8.64. The molecule has 1 saturated carbocycles. The van der Waals surface area contributed by atoms with Gasteiger partial charge in [0.2, 0.25) is 0 Å². The smallest absolute Gasteiger partial charge is 0.143 e. The summed E-state index contributed by atoms with van der Waals surface area (Å²) in [4.78, 5) is 2.44. The van der Waals surface area contributed by atoms with E-state index in [0.29, 0.717) is 5.92 Å². The molecule has 0 spiro atoms. The molecule has 0 atom stereocenters. The summed E-state index contributed by atoms with van der Waals surface area (Å²) in [7, 11) is 2.14. The molecule has 2 aromatic carbocycles. The molecule has 1 saturated heterocycles. The minimum atomic E-state index is 0.0583. The van der Waals surface area contributed by atoms with Crippen LogP contribution in [0.4, 0.5) is 0 Å². The van der Waals surface area contributed by atoms with E-state index in [2.05, 4.69) is 57.0 Å². The molecule has 6 heteroatoms. The van der Waals surface area contributed by atoms with Gasteiger partial charge in [-0.15, -0.1) is 10.2 Å². The van der Waals surface area contributed by atoms with Crippen LogP contribution in [0.2, 0.25) is 10.0 Å². The fourth-order valence-corrected chi connectivity index (χ4v) is 5.41. The number of piperidine rings is 1. The van der Waals surface area contributed by atoms with Gasteiger partial charge in [-0.05, 0) is 56.5 Å². The normalized spacial score (nSPS) is 19.2. The van der Waals surface area contributed by atoms with Crippen molar-refractivity contribution in [3.8, 4) is 0 Å². The van der Waals surface area contributed by atoms with Gasteiger partial charge >= 0.3 is 0 Å². The van der Waals surface area contributed by atoms with Crippen LogP contribution >= 0.6 is 23.2 Å². The maximum Gasteiger partial charge on any atom is 0.143 e. The quantitative estimate of drug-likeness (QED) is 0.518. The Bertz CT molecular complexity index is 1010. The lowest BCUT2D eigenvalue weighted by atomic mass is 9.93. The average Bonchev–Trinajstić information content (AvgIpc) is 3.48. The van der Waals surface area contributed by atoms with Crippen molar-refractivity contribution in [1.29, 1.82) is 0 Å². The number of aromatic nitrogens is 3. The second kappa shape index (κ2) is 7.99. The van der Waals surface area contributed by atoms with Crippen molar-refractivity contribution in [2.24, 2.45) is 7.05 Å². The summed E-state index contributed by atoms with van der Waals surface area (Å²) in [5, 5.41) is 10.8. The Balaban J connectivity index is 1.29. The third-order valence-corrected chi connectivity index (χ3v) is 7.52. The SMILES string of the molecule is Cn1c(C2CCN(Cc3c(Cl)cccc3Cl)CC2)nnc1C1(c2ccccc2)CC1. The van der Waals surface area contributed by atoms with Gasteiger partial charge in [0.25, 0.3) is 0 Å². The molecule has 3 aromatic rings. The number of halogens is 2. The largest absolute Gasteiger partial charge is 0.317 e. The van der Waals surface area contributed by atoms with Crippen molar-refractivity contribution < 1.29 is 0 Å². The molecule has 1 aliphatic carbocycles. The maximum atomic E-state index is 6.36. The Morgan fingerprint density at radius 2 is 1.60 bits per heavy atom. The van der Waals surface area contributed by atoms with Gasteiger partial charge in [0.1, 0.15) is 11.6 Å². The first-order chi connectivity index (χ1) is 14.6. The highest BCUT2D eigenvalue weighted by atomic mass is 35.5. The van der Waals surface area contributed by atoms with Crippen molar-refractivity contribution >= 4 is 23.2 Å². The van der Waals surface area contributed by atoms with Crippen LogP contribution in [0.1, 0.15) is 54.4 Å². The summed E-state index contributed by atoms with van der Waals surface area (Å²) in [5.41, 5.74) is 2.44. The number of hydrogen-bond donors (Lipinski definition) is 0. The number of rotatable bonds is 5. The van der Waals surface area contributed by atoms with Crippen molar-refractivity contribution in [3.05, 3.63) is 81.4 Å². The molecule has 156 valence electrons. The van der Waals surface area contributed by atoms with Crippen LogP contribution < -0.4 is 0 Å². The Labute approximate surface area is 187 Å². The molecule has 1 aromatic heterocycles. The average molecular weight is 441 g/mol. The van der Waals surface area contributed by atoms with Crippen LogP contribution in [0.3, 0.4) is 0 Å². The highest BCUT2D eigenvalue weighted by molar-refractivity contribution is 6.35. The van der Waals surface area contributed by atoms with Gasteiger partial charge in [0, 0.05) is 35.1 Å². The molecule has 0 radical (unpaired) electrons. The predicted octanol–water partition coefficient (Wildman–Crippen LogP) is 5.58. The third-order valence-electron chi connectivity index (χ3n) is 6.81. The van der Waals surface area contributed by atoms with Gasteiger partial charge in [0.15, 0.2) is 0 Å². The third kappa shape index (κ3) is 3.55. The monoisotopic (exact) mass is 440 g/mol. The van der Waals surface area contributed by atoms with Gasteiger partial charge in [-0.1, -0.05) is 59.6 Å². The van der Waals surface area contributed by atoms with Crippen LogP contribution in [0.25, 0.3) is 0 Å². The molecule has 0 unspecified atom stereocenters. The summed E-state index contributed by atoms with van der Waals surface area (Å²) in [6, 6.07) is 16.5. The van der Waals surface area contributed by atoms with Gasteiger partial charge < -0.3 is 4.57 Å². The van der Waals surface area contributed by atoms with Gasteiger partial charge in [-0.25, -0.2) is 0 Å². The van der Waals surface area contributed by atoms with Gasteiger partial charge in [0.05, 0.1) is 5.41 Å². The Hall–Kier alpha value is -1.88. The molecule has 30 heavy (non-hydrogen) atoms. The maximum absolute atomic E-state index is 6.36. The van der Waals surface area contributed by atoms with E-state index in [0.717, 1.165) is 72.6 Å². The molecular weight excluding hydrogens is 415 g/mol. The Kier molecular flexibility index (Phi) is 5.34.